The SMILES string of the molecule is CCOc1c(N)nsc1NCC(O)C(F)(F)F. The quantitative estimate of drug-likeness (QED) is 0.755. The van der Waals surface area contributed by atoms with Crippen LogP contribution in [0.2, 0.25) is 0 Å². The molecule has 0 spiro atoms. The molecule has 0 saturated carbocycles. The third kappa shape index (κ3) is 3.63. The Bertz CT molecular complexity index is 369. The molecule has 0 aliphatic heterocycles. The number of hydrogen-bond donors (Lipinski definition) is 3. The fourth-order valence-corrected chi connectivity index (χ4v) is 1.66. The zero-order valence-electron chi connectivity index (χ0n) is 8.91. The van der Waals surface area contributed by atoms with Crippen LogP contribution in [0.4, 0.5) is 24.0 Å². The number of alkyl halides is 3. The van der Waals surface area contributed by atoms with Gasteiger partial charge in [0.05, 0.1) is 13.2 Å². The van der Waals surface area contributed by atoms with E-state index >= 15 is 0 Å². The van der Waals surface area contributed by atoms with Crippen molar-refractivity contribution in [2.45, 2.75) is 19.2 Å². The number of aliphatic hydroxyl groups is 1. The van der Waals surface area contributed by atoms with E-state index in [1.807, 2.05) is 0 Å². The van der Waals surface area contributed by atoms with E-state index in [2.05, 4.69) is 9.69 Å². The van der Waals surface area contributed by atoms with Gasteiger partial charge in [-0.15, -0.1) is 0 Å². The molecular weight excluding hydrogens is 259 g/mol. The Morgan fingerprint density at radius 2 is 2.24 bits per heavy atom. The van der Waals surface area contributed by atoms with Crippen molar-refractivity contribution in [2.75, 3.05) is 24.2 Å². The predicted octanol–water partition coefficient (Wildman–Crippen LogP) is 1.46. The Hall–Kier alpha value is -1.22. The smallest absolute Gasteiger partial charge is 0.416 e. The van der Waals surface area contributed by atoms with Crippen molar-refractivity contribution >= 4 is 22.4 Å². The summed E-state index contributed by atoms with van der Waals surface area (Å²) in [5.74, 6) is 0.327. The number of halogens is 3. The maximum Gasteiger partial charge on any atom is 0.416 e. The van der Waals surface area contributed by atoms with Crippen LogP contribution in [-0.4, -0.2) is 34.9 Å². The number of ether oxygens (including phenoxy) is 1. The van der Waals surface area contributed by atoms with Gasteiger partial charge in [0.2, 0.25) is 0 Å². The van der Waals surface area contributed by atoms with Crippen molar-refractivity contribution < 1.29 is 23.0 Å². The normalized spacial score (nSPS) is 13.5. The Morgan fingerprint density at radius 1 is 1.59 bits per heavy atom. The van der Waals surface area contributed by atoms with E-state index in [4.69, 9.17) is 15.6 Å². The lowest BCUT2D eigenvalue weighted by Crippen LogP contribution is -2.34. The second-order valence-corrected chi connectivity index (χ2v) is 3.87. The molecule has 17 heavy (non-hydrogen) atoms. The van der Waals surface area contributed by atoms with E-state index in [-0.39, 0.29) is 16.6 Å². The first-order chi connectivity index (χ1) is 7.86. The molecule has 1 rings (SSSR count). The number of rotatable bonds is 5. The van der Waals surface area contributed by atoms with E-state index in [0.29, 0.717) is 6.61 Å². The number of hydrogen-bond acceptors (Lipinski definition) is 6. The Morgan fingerprint density at radius 3 is 2.76 bits per heavy atom. The molecule has 0 amide bonds. The zero-order chi connectivity index (χ0) is 13.1. The van der Waals surface area contributed by atoms with Gasteiger partial charge in [-0.1, -0.05) is 0 Å². The molecule has 9 heteroatoms. The van der Waals surface area contributed by atoms with Crippen molar-refractivity contribution in [3.63, 3.8) is 0 Å². The summed E-state index contributed by atoms with van der Waals surface area (Å²) < 4.78 is 45.0. The van der Waals surface area contributed by atoms with E-state index in [1.54, 1.807) is 6.92 Å². The standard InChI is InChI=1S/C8H12F3N3O2S/c1-2-16-5-6(12)14-17-7(5)13-3-4(15)8(9,10)11/h4,13,15H,2-3H2,1H3,(H2,12,14). The lowest BCUT2D eigenvalue weighted by Gasteiger charge is -2.15. The predicted molar refractivity (Wildman–Crippen MR) is 58.2 cm³/mol. The van der Waals surface area contributed by atoms with Crippen LogP contribution in [0.5, 0.6) is 5.75 Å². The molecule has 1 heterocycles. The van der Waals surface area contributed by atoms with Gasteiger partial charge >= 0.3 is 6.18 Å². The first-order valence-corrected chi connectivity index (χ1v) is 5.50. The number of aliphatic hydroxyl groups excluding tert-OH is 1. The van der Waals surface area contributed by atoms with Crippen LogP contribution < -0.4 is 15.8 Å². The third-order valence-corrected chi connectivity index (χ3v) is 2.60. The van der Waals surface area contributed by atoms with Gasteiger partial charge in [0.1, 0.15) is 0 Å². The molecule has 1 atom stereocenters. The molecule has 0 bridgehead atoms. The largest absolute Gasteiger partial charge is 0.487 e. The molecule has 0 radical (unpaired) electrons. The highest BCUT2D eigenvalue weighted by molar-refractivity contribution is 7.11. The molecule has 0 aliphatic rings. The summed E-state index contributed by atoms with van der Waals surface area (Å²) in [6, 6.07) is 0. The average Bonchev–Trinajstić information content (AvgIpc) is 2.56. The van der Waals surface area contributed by atoms with Crippen LogP contribution in [-0.2, 0) is 0 Å². The van der Waals surface area contributed by atoms with Crippen LogP contribution >= 0.6 is 11.5 Å². The number of anilines is 2. The molecule has 1 unspecified atom stereocenters. The highest BCUT2D eigenvalue weighted by atomic mass is 32.1. The van der Waals surface area contributed by atoms with Gasteiger partial charge in [-0.3, -0.25) is 0 Å². The molecule has 98 valence electrons. The molecular formula is C8H12F3N3O2S. The minimum atomic E-state index is -4.66. The molecule has 4 N–H and O–H groups in total. The number of nitrogens with zero attached hydrogens (tertiary/aromatic N) is 1. The van der Waals surface area contributed by atoms with Crippen molar-refractivity contribution in [1.82, 2.24) is 4.37 Å². The number of aromatic nitrogens is 1. The molecule has 0 aromatic carbocycles. The second-order valence-electron chi connectivity index (χ2n) is 3.10. The van der Waals surface area contributed by atoms with Gasteiger partial charge in [0.15, 0.2) is 22.7 Å². The third-order valence-electron chi connectivity index (χ3n) is 1.80. The second kappa shape index (κ2) is 5.41. The van der Waals surface area contributed by atoms with E-state index in [9.17, 15) is 13.2 Å². The molecule has 5 nitrogen and oxygen atoms in total. The van der Waals surface area contributed by atoms with Crippen molar-refractivity contribution in [3.05, 3.63) is 0 Å². The minimum absolute atomic E-state index is 0.112. The summed E-state index contributed by atoms with van der Waals surface area (Å²) in [4.78, 5) is 0. The first-order valence-electron chi connectivity index (χ1n) is 4.72. The van der Waals surface area contributed by atoms with Gasteiger partial charge in [-0.25, -0.2) is 0 Å². The van der Waals surface area contributed by atoms with Crippen molar-refractivity contribution in [1.29, 1.82) is 0 Å². The summed E-state index contributed by atoms with van der Waals surface area (Å²) in [5.41, 5.74) is 5.47. The van der Waals surface area contributed by atoms with Crippen LogP contribution in [0.15, 0.2) is 0 Å². The Kier molecular flexibility index (Phi) is 4.40. The number of nitrogen functional groups attached to an aromatic ring is 1. The maximum atomic E-state index is 12.0. The average molecular weight is 271 g/mol. The minimum Gasteiger partial charge on any atom is -0.487 e. The number of nitrogens with one attached hydrogen (secondary N) is 1. The lowest BCUT2D eigenvalue weighted by atomic mass is 10.3. The summed E-state index contributed by atoms with van der Waals surface area (Å²) in [6.45, 7) is 1.36. The van der Waals surface area contributed by atoms with E-state index < -0.39 is 18.8 Å². The summed E-state index contributed by atoms with van der Waals surface area (Å²) in [7, 11) is 0. The van der Waals surface area contributed by atoms with Crippen LogP contribution in [0.3, 0.4) is 0 Å². The summed E-state index contributed by atoms with van der Waals surface area (Å²) in [5, 5.41) is 11.5. The summed E-state index contributed by atoms with van der Waals surface area (Å²) in [6.07, 6.45) is -7.10. The topological polar surface area (TPSA) is 80.4 Å². The van der Waals surface area contributed by atoms with Gasteiger partial charge < -0.3 is 20.9 Å². The van der Waals surface area contributed by atoms with E-state index in [1.165, 1.54) is 0 Å². The van der Waals surface area contributed by atoms with Crippen LogP contribution in [0.25, 0.3) is 0 Å². The van der Waals surface area contributed by atoms with Gasteiger partial charge in [0.25, 0.3) is 0 Å². The van der Waals surface area contributed by atoms with Crippen LogP contribution in [0, 0.1) is 0 Å². The fourth-order valence-electron chi connectivity index (χ4n) is 0.996. The first kappa shape index (κ1) is 13.8. The lowest BCUT2D eigenvalue weighted by molar-refractivity contribution is -0.198. The Labute approximate surface area is 99.6 Å². The summed E-state index contributed by atoms with van der Waals surface area (Å²) >= 11 is 0.879. The van der Waals surface area contributed by atoms with Crippen LogP contribution in [0.1, 0.15) is 6.92 Å². The van der Waals surface area contributed by atoms with Gasteiger partial charge in [0, 0.05) is 0 Å². The number of nitrogens with two attached hydrogens (primary N) is 1. The highest BCUT2D eigenvalue weighted by Gasteiger charge is 2.38. The zero-order valence-corrected chi connectivity index (χ0v) is 9.73. The van der Waals surface area contributed by atoms with Gasteiger partial charge in [-0.2, -0.15) is 17.5 Å². The highest BCUT2D eigenvalue weighted by Crippen LogP contribution is 2.35. The molecule has 0 saturated heterocycles. The Balaban J connectivity index is 2.63. The molecule has 1 aromatic heterocycles. The van der Waals surface area contributed by atoms with E-state index in [0.717, 1.165) is 11.5 Å². The monoisotopic (exact) mass is 271 g/mol. The fraction of sp³-hybridized carbons (Fsp3) is 0.625. The molecule has 0 fully saturated rings. The molecule has 1 aromatic rings. The van der Waals surface area contributed by atoms with Gasteiger partial charge in [-0.05, 0) is 18.5 Å². The maximum absolute atomic E-state index is 12.0. The van der Waals surface area contributed by atoms with Crippen molar-refractivity contribution in [2.24, 2.45) is 0 Å². The van der Waals surface area contributed by atoms with Crippen molar-refractivity contribution in [3.8, 4) is 5.75 Å². The molecule has 0 aliphatic carbocycles.